The molecular formula is C21H20FN3O2. The first kappa shape index (κ1) is 17.3. The highest BCUT2D eigenvalue weighted by Gasteiger charge is 2.24. The molecule has 0 radical (unpaired) electrons. The lowest BCUT2D eigenvalue weighted by molar-refractivity contribution is 0.0705. The van der Waals surface area contributed by atoms with Crippen molar-refractivity contribution in [2.24, 2.45) is 0 Å². The maximum atomic E-state index is 13.6. The molecule has 0 aliphatic carbocycles. The molecule has 0 saturated heterocycles. The molecular weight excluding hydrogens is 345 g/mol. The van der Waals surface area contributed by atoms with E-state index < -0.39 is 5.82 Å². The number of hydrogen-bond donors (Lipinski definition) is 0. The van der Waals surface area contributed by atoms with E-state index in [2.05, 4.69) is 5.10 Å². The van der Waals surface area contributed by atoms with Crippen LogP contribution in [0.25, 0.3) is 0 Å². The van der Waals surface area contributed by atoms with Crippen molar-refractivity contribution in [3.05, 3.63) is 82.8 Å². The van der Waals surface area contributed by atoms with Crippen LogP contribution in [0.1, 0.15) is 27.2 Å². The van der Waals surface area contributed by atoms with Crippen LogP contribution < -0.4 is 4.74 Å². The lowest BCUT2D eigenvalue weighted by Crippen LogP contribution is -2.38. The second-order valence-corrected chi connectivity index (χ2v) is 6.72. The van der Waals surface area contributed by atoms with Gasteiger partial charge in [-0.25, -0.2) is 4.39 Å². The quantitative estimate of drug-likeness (QED) is 0.710. The van der Waals surface area contributed by atoms with Crippen molar-refractivity contribution in [2.75, 3.05) is 6.54 Å². The van der Waals surface area contributed by atoms with Crippen LogP contribution in [0.4, 0.5) is 4.39 Å². The summed E-state index contributed by atoms with van der Waals surface area (Å²) >= 11 is 0. The lowest BCUT2D eigenvalue weighted by atomic mass is 10.1. The highest BCUT2D eigenvalue weighted by Crippen LogP contribution is 2.21. The van der Waals surface area contributed by atoms with Gasteiger partial charge in [-0.3, -0.25) is 9.48 Å². The Morgan fingerprint density at radius 1 is 1.15 bits per heavy atom. The lowest BCUT2D eigenvalue weighted by Gasteiger charge is -2.27. The van der Waals surface area contributed by atoms with E-state index in [1.165, 1.54) is 12.1 Å². The van der Waals surface area contributed by atoms with Crippen molar-refractivity contribution in [1.29, 1.82) is 0 Å². The molecule has 5 nitrogen and oxygen atoms in total. The number of halogens is 1. The first-order valence-corrected chi connectivity index (χ1v) is 8.88. The summed E-state index contributed by atoms with van der Waals surface area (Å²) < 4.78 is 21.3. The zero-order valence-corrected chi connectivity index (χ0v) is 15.1. The third-order valence-corrected chi connectivity index (χ3v) is 4.58. The maximum absolute atomic E-state index is 13.6. The van der Waals surface area contributed by atoms with Gasteiger partial charge in [0.2, 0.25) is 5.88 Å². The van der Waals surface area contributed by atoms with E-state index in [-0.39, 0.29) is 5.91 Å². The normalized spacial score (nSPS) is 13.3. The fraction of sp³-hybridized carbons (Fsp3) is 0.238. The number of carbonyl (C=O) groups excluding carboxylic acids is 1. The van der Waals surface area contributed by atoms with Crippen LogP contribution in [-0.4, -0.2) is 27.1 Å². The van der Waals surface area contributed by atoms with E-state index in [1.54, 1.807) is 17.9 Å². The standard InChI is InChI=1S/C21H20FN3O2/c1-15-9-17(11-18(22)10-15)21(26)24-7-8-25-19(13-24)12-20(23-25)27-14-16-5-3-2-4-6-16/h2-6,9-12H,7-8,13-14H2,1H3. The van der Waals surface area contributed by atoms with E-state index >= 15 is 0 Å². The smallest absolute Gasteiger partial charge is 0.254 e. The van der Waals surface area contributed by atoms with Crippen LogP contribution >= 0.6 is 0 Å². The number of nitrogens with zero attached hydrogens (tertiary/aromatic N) is 3. The number of ether oxygens (including phenoxy) is 1. The molecule has 0 unspecified atom stereocenters. The number of fused-ring (bicyclic) bond motifs is 1. The fourth-order valence-electron chi connectivity index (χ4n) is 3.26. The third-order valence-electron chi connectivity index (χ3n) is 4.58. The first-order valence-electron chi connectivity index (χ1n) is 8.88. The summed E-state index contributed by atoms with van der Waals surface area (Å²) in [6.07, 6.45) is 0. The molecule has 2 aromatic carbocycles. The minimum absolute atomic E-state index is 0.170. The Bertz CT molecular complexity index is 949. The van der Waals surface area contributed by atoms with E-state index in [0.29, 0.717) is 37.7 Å². The minimum atomic E-state index is -0.392. The van der Waals surface area contributed by atoms with Gasteiger partial charge in [0.1, 0.15) is 12.4 Å². The molecule has 1 aliphatic rings. The Morgan fingerprint density at radius 2 is 1.96 bits per heavy atom. The summed E-state index contributed by atoms with van der Waals surface area (Å²) in [5.41, 5.74) is 3.09. The monoisotopic (exact) mass is 365 g/mol. The van der Waals surface area contributed by atoms with Gasteiger partial charge in [0.05, 0.1) is 18.8 Å². The first-order chi connectivity index (χ1) is 13.1. The summed E-state index contributed by atoms with van der Waals surface area (Å²) in [4.78, 5) is 14.4. The average molecular weight is 365 g/mol. The average Bonchev–Trinajstić information content (AvgIpc) is 3.08. The van der Waals surface area contributed by atoms with Gasteiger partial charge < -0.3 is 9.64 Å². The largest absolute Gasteiger partial charge is 0.472 e. The summed E-state index contributed by atoms with van der Waals surface area (Å²) in [5.74, 6) is -0.0152. The van der Waals surface area contributed by atoms with Gasteiger partial charge in [0.15, 0.2) is 0 Å². The zero-order valence-electron chi connectivity index (χ0n) is 15.1. The second kappa shape index (κ2) is 7.23. The number of aryl methyl sites for hydroxylation is 1. The third kappa shape index (κ3) is 3.84. The van der Waals surface area contributed by atoms with Crippen molar-refractivity contribution in [3.63, 3.8) is 0 Å². The van der Waals surface area contributed by atoms with Crippen LogP contribution in [0.2, 0.25) is 0 Å². The van der Waals surface area contributed by atoms with E-state index in [4.69, 9.17) is 4.74 Å². The van der Waals surface area contributed by atoms with Gasteiger partial charge in [-0.15, -0.1) is 5.10 Å². The highest BCUT2D eigenvalue weighted by atomic mass is 19.1. The number of amides is 1. The van der Waals surface area contributed by atoms with Crippen molar-refractivity contribution >= 4 is 5.91 Å². The summed E-state index contributed by atoms with van der Waals surface area (Å²) in [7, 11) is 0. The maximum Gasteiger partial charge on any atom is 0.254 e. The minimum Gasteiger partial charge on any atom is -0.472 e. The van der Waals surface area contributed by atoms with Crippen LogP contribution in [0.15, 0.2) is 54.6 Å². The van der Waals surface area contributed by atoms with Gasteiger partial charge in [-0.2, -0.15) is 0 Å². The number of carbonyl (C=O) groups is 1. The highest BCUT2D eigenvalue weighted by molar-refractivity contribution is 5.94. The molecule has 3 aromatic rings. The molecule has 27 heavy (non-hydrogen) atoms. The van der Waals surface area contributed by atoms with Crippen molar-refractivity contribution in [2.45, 2.75) is 26.6 Å². The molecule has 0 spiro atoms. The van der Waals surface area contributed by atoms with E-state index in [0.717, 1.165) is 16.8 Å². The van der Waals surface area contributed by atoms with Crippen molar-refractivity contribution < 1.29 is 13.9 Å². The Balaban J connectivity index is 1.45. The Kier molecular flexibility index (Phi) is 4.62. The molecule has 138 valence electrons. The van der Waals surface area contributed by atoms with Crippen LogP contribution in [-0.2, 0) is 19.7 Å². The molecule has 0 saturated carbocycles. The Morgan fingerprint density at radius 3 is 2.74 bits per heavy atom. The summed E-state index contributed by atoms with van der Waals surface area (Å²) in [6.45, 7) is 3.77. The predicted molar refractivity (Wildman–Crippen MR) is 98.9 cm³/mol. The van der Waals surface area contributed by atoms with Crippen LogP contribution in [0.3, 0.4) is 0 Å². The number of hydrogen-bond acceptors (Lipinski definition) is 3. The van der Waals surface area contributed by atoms with Gasteiger partial charge in [-0.1, -0.05) is 30.3 Å². The van der Waals surface area contributed by atoms with Gasteiger partial charge in [0, 0.05) is 18.2 Å². The zero-order chi connectivity index (χ0) is 18.8. The molecule has 6 heteroatoms. The molecule has 1 aliphatic heterocycles. The van der Waals surface area contributed by atoms with Crippen LogP contribution in [0, 0.1) is 12.7 Å². The number of aromatic nitrogens is 2. The molecule has 1 aromatic heterocycles. The van der Waals surface area contributed by atoms with E-state index in [1.807, 2.05) is 41.1 Å². The van der Waals surface area contributed by atoms with Crippen molar-refractivity contribution in [3.8, 4) is 5.88 Å². The van der Waals surface area contributed by atoms with Gasteiger partial charge in [-0.05, 0) is 36.2 Å². The van der Waals surface area contributed by atoms with Gasteiger partial charge in [0.25, 0.3) is 5.91 Å². The Hall–Kier alpha value is -3.15. The molecule has 0 atom stereocenters. The topological polar surface area (TPSA) is 47.4 Å². The molecule has 0 bridgehead atoms. The summed E-state index contributed by atoms with van der Waals surface area (Å²) in [6, 6.07) is 16.2. The van der Waals surface area contributed by atoms with Crippen LogP contribution in [0.5, 0.6) is 5.88 Å². The molecule has 0 N–H and O–H groups in total. The molecule has 4 rings (SSSR count). The van der Waals surface area contributed by atoms with E-state index in [9.17, 15) is 9.18 Å². The fourth-order valence-corrected chi connectivity index (χ4v) is 3.26. The summed E-state index contributed by atoms with van der Waals surface area (Å²) in [5, 5.41) is 4.46. The molecule has 1 amide bonds. The SMILES string of the molecule is Cc1cc(F)cc(C(=O)N2CCn3nc(OCc4ccccc4)cc3C2)c1. The second-order valence-electron chi connectivity index (χ2n) is 6.72. The predicted octanol–water partition coefficient (Wildman–Crippen LogP) is 3.57. The van der Waals surface area contributed by atoms with Gasteiger partial charge >= 0.3 is 0 Å². The van der Waals surface area contributed by atoms with Crippen molar-refractivity contribution in [1.82, 2.24) is 14.7 Å². The number of rotatable bonds is 4. The Labute approximate surface area is 157 Å². The number of benzene rings is 2. The molecule has 2 heterocycles. The molecule has 0 fully saturated rings.